The van der Waals surface area contributed by atoms with Gasteiger partial charge >= 0.3 is 0 Å². The molecule has 0 bridgehead atoms. The Kier molecular flexibility index (Phi) is 5.71. The first-order valence-electron chi connectivity index (χ1n) is 7.99. The fourth-order valence-electron chi connectivity index (χ4n) is 3.16. The lowest BCUT2D eigenvalue weighted by atomic mass is 9.86. The Morgan fingerprint density at radius 1 is 1.29 bits per heavy atom. The van der Waals surface area contributed by atoms with Crippen LogP contribution < -0.4 is 0 Å². The Morgan fingerprint density at radius 3 is 2.48 bits per heavy atom. The quantitative estimate of drug-likeness (QED) is 0.905. The zero-order valence-electron chi connectivity index (χ0n) is 13.3. The Bertz CT molecular complexity index is 427. The van der Waals surface area contributed by atoms with E-state index in [1.807, 2.05) is 6.92 Å². The predicted octanol–water partition coefficient (Wildman–Crippen LogP) is 3.26. The molecule has 1 aromatic heterocycles. The second-order valence-electron chi connectivity index (χ2n) is 6.71. The van der Waals surface area contributed by atoms with Crippen LogP contribution in [0.2, 0.25) is 0 Å². The Labute approximate surface area is 127 Å². The zero-order valence-corrected chi connectivity index (χ0v) is 13.3. The molecular formula is C17H27FN2O. The first-order chi connectivity index (χ1) is 9.97. The summed E-state index contributed by atoms with van der Waals surface area (Å²) in [7, 11) is 0. The van der Waals surface area contributed by atoms with E-state index < -0.39 is 6.10 Å². The number of pyridine rings is 1. The van der Waals surface area contributed by atoms with Gasteiger partial charge in [-0.25, -0.2) is 4.39 Å². The summed E-state index contributed by atoms with van der Waals surface area (Å²) < 4.78 is 12.9. The van der Waals surface area contributed by atoms with Crippen molar-refractivity contribution in [1.82, 2.24) is 9.88 Å². The molecule has 0 saturated carbocycles. The number of nitrogens with zero attached hydrogens (tertiary/aromatic N) is 2. The van der Waals surface area contributed by atoms with Crippen molar-refractivity contribution in [1.29, 1.82) is 0 Å². The van der Waals surface area contributed by atoms with E-state index in [9.17, 15) is 9.50 Å². The number of aliphatic hydroxyl groups excluding tert-OH is 1. The molecule has 0 spiro atoms. The van der Waals surface area contributed by atoms with E-state index in [0.717, 1.165) is 31.5 Å². The van der Waals surface area contributed by atoms with E-state index >= 15 is 0 Å². The predicted molar refractivity (Wildman–Crippen MR) is 82.3 cm³/mol. The average molecular weight is 294 g/mol. The number of halogens is 1. The molecule has 0 aromatic carbocycles. The molecule has 1 fully saturated rings. The van der Waals surface area contributed by atoms with Gasteiger partial charge in [-0.3, -0.25) is 4.98 Å². The van der Waals surface area contributed by atoms with Crippen molar-refractivity contribution in [2.75, 3.05) is 19.6 Å². The fourth-order valence-corrected chi connectivity index (χ4v) is 3.16. The van der Waals surface area contributed by atoms with E-state index in [0.29, 0.717) is 5.69 Å². The van der Waals surface area contributed by atoms with Gasteiger partial charge in [0.2, 0.25) is 0 Å². The van der Waals surface area contributed by atoms with Crippen LogP contribution >= 0.6 is 0 Å². The number of hydrogen-bond donors (Lipinski definition) is 1. The maximum absolute atomic E-state index is 12.9. The van der Waals surface area contributed by atoms with Crippen LogP contribution in [0.4, 0.5) is 4.39 Å². The molecule has 1 aliphatic heterocycles. The number of rotatable bonds is 5. The highest BCUT2D eigenvalue weighted by molar-refractivity contribution is 5.08. The van der Waals surface area contributed by atoms with Gasteiger partial charge < -0.3 is 10.0 Å². The van der Waals surface area contributed by atoms with Gasteiger partial charge in [0.25, 0.3) is 0 Å². The smallest absolute Gasteiger partial charge is 0.141 e. The number of hydrogen-bond acceptors (Lipinski definition) is 3. The van der Waals surface area contributed by atoms with Crippen LogP contribution in [0.5, 0.6) is 0 Å². The second-order valence-corrected chi connectivity index (χ2v) is 6.71. The SMILES string of the molecule is CC(C)C1CCN(CC(C)C(O)c2ccc(F)cn2)CC1. The molecule has 2 rings (SSSR count). The van der Waals surface area contributed by atoms with Crippen LogP contribution in [0, 0.1) is 23.6 Å². The van der Waals surface area contributed by atoms with Crippen LogP contribution in [-0.2, 0) is 0 Å². The Balaban J connectivity index is 1.84. The lowest BCUT2D eigenvalue weighted by molar-refractivity contribution is 0.0681. The summed E-state index contributed by atoms with van der Waals surface area (Å²) in [6, 6.07) is 2.92. The van der Waals surface area contributed by atoms with Gasteiger partial charge in [0.1, 0.15) is 5.82 Å². The van der Waals surface area contributed by atoms with Gasteiger partial charge in [0.15, 0.2) is 0 Å². The third-order valence-corrected chi connectivity index (χ3v) is 4.71. The first-order valence-corrected chi connectivity index (χ1v) is 7.99. The number of aliphatic hydroxyl groups is 1. The normalized spacial score (nSPS) is 20.7. The molecule has 1 aliphatic rings. The third-order valence-electron chi connectivity index (χ3n) is 4.71. The molecule has 0 amide bonds. The third kappa shape index (κ3) is 4.48. The van der Waals surface area contributed by atoms with E-state index in [2.05, 4.69) is 23.7 Å². The van der Waals surface area contributed by atoms with E-state index in [-0.39, 0.29) is 11.7 Å². The van der Waals surface area contributed by atoms with E-state index in [1.165, 1.54) is 25.1 Å². The average Bonchev–Trinajstić information content (AvgIpc) is 2.47. The summed E-state index contributed by atoms with van der Waals surface area (Å²) >= 11 is 0. The van der Waals surface area contributed by atoms with E-state index in [4.69, 9.17) is 0 Å². The monoisotopic (exact) mass is 294 g/mol. The van der Waals surface area contributed by atoms with Crippen molar-refractivity contribution < 1.29 is 9.50 Å². The summed E-state index contributed by atoms with van der Waals surface area (Å²) in [6.07, 6.45) is 3.03. The summed E-state index contributed by atoms with van der Waals surface area (Å²) in [5, 5.41) is 10.3. The van der Waals surface area contributed by atoms with E-state index in [1.54, 1.807) is 6.07 Å². The highest BCUT2D eigenvalue weighted by Crippen LogP contribution is 2.27. The largest absolute Gasteiger partial charge is 0.386 e. The number of likely N-dealkylation sites (tertiary alicyclic amines) is 1. The molecule has 21 heavy (non-hydrogen) atoms. The van der Waals surface area contributed by atoms with Crippen molar-refractivity contribution >= 4 is 0 Å². The minimum Gasteiger partial charge on any atom is -0.386 e. The Hall–Kier alpha value is -1.00. The molecule has 1 aromatic rings. The maximum atomic E-state index is 12.9. The number of aromatic nitrogens is 1. The minimum absolute atomic E-state index is 0.0959. The highest BCUT2D eigenvalue weighted by atomic mass is 19.1. The lowest BCUT2D eigenvalue weighted by Crippen LogP contribution is -2.38. The molecule has 2 unspecified atom stereocenters. The van der Waals surface area contributed by atoms with Gasteiger partial charge in [-0.1, -0.05) is 20.8 Å². The zero-order chi connectivity index (χ0) is 15.4. The van der Waals surface area contributed by atoms with Crippen molar-refractivity contribution in [2.24, 2.45) is 17.8 Å². The maximum Gasteiger partial charge on any atom is 0.141 e. The van der Waals surface area contributed by atoms with Gasteiger partial charge in [-0.05, 0) is 49.9 Å². The van der Waals surface area contributed by atoms with Gasteiger partial charge in [-0.2, -0.15) is 0 Å². The molecule has 2 atom stereocenters. The molecule has 2 heterocycles. The molecule has 0 aliphatic carbocycles. The molecule has 118 valence electrons. The van der Waals surface area contributed by atoms with Crippen LogP contribution in [-0.4, -0.2) is 34.6 Å². The molecular weight excluding hydrogens is 267 g/mol. The van der Waals surface area contributed by atoms with Gasteiger partial charge in [0.05, 0.1) is 18.0 Å². The Morgan fingerprint density at radius 2 is 1.95 bits per heavy atom. The standard InChI is InChI=1S/C17H27FN2O/c1-12(2)14-6-8-20(9-7-14)11-13(3)17(21)16-5-4-15(18)10-19-16/h4-5,10,12-14,17,21H,6-9,11H2,1-3H3. The summed E-state index contributed by atoms with van der Waals surface area (Å²) in [5.41, 5.74) is 0.556. The van der Waals surface area contributed by atoms with Crippen LogP contribution in [0.3, 0.4) is 0 Å². The molecule has 1 saturated heterocycles. The van der Waals surface area contributed by atoms with Crippen LogP contribution in [0.1, 0.15) is 45.4 Å². The van der Waals surface area contributed by atoms with Crippen molar-refractivity contribution in [3.05, 3.63) is 29.8 Å². The topological polar surface area (TPSA) is 36.4 Å². The van der Waals surface area contributed by atoms with Crippen molar-refractivity contribution in [3.63, 3.8) is 0 Å². The lowest BCUT2D eigenvalue weighted by Gasteiger charge is -2.35. The molecule has 3 nitrogen and oxygen atoms in total. The van der Waals surface area contributed by atoms with Crippen molar-refractivity contribution in [3.8, 4) is 0 Å². The molecule has 0 radical (unpaired) electrons. The summed E-state index contributed by atoms with van der Waals surface area (Å²) in [4.78, 5) is 6.41. The summed E-state index contributed by atoms with van der Waals surface area (Å²) in [6.45, 7) is 9.71. The van der Waals surface area contributed by atoms with Gasteiger partial charge in [-0.15, -0.1) is 0 Å². The van der Waals surface area contributed by atoms with Gasteiger partial charge in [0, 0.05) is 12.5 Å². The first kappa shape index (κ1) is 16.4. The molecule has 1 N–H and O–H groups in total. The molecule has 4 heteroatoms. The van der Waals surface area contributed by atoms with Crippen LogP contribution in [0.25, 0.3) is 0 Å². The van der Waals surface area contributed by atoms with Crippen LogP contribution in [0.15, 0.2) is 18.3 Å². The van der Waals surface area contributed by atoms with Crippen molar-refractivity contribution in [2.45, 2.75) is 39.7 Å². The minimum atomic E-state index is -0.631. The second kappa shape index (κ2) is 7.32. The fraction of sp³-hybridized carbons (Fsp3) is 0.706. The highest BCUT2D eigenvalue weighted by Gasteiger charge is 2.25. The number of piperidine rings is 1. The summed E-state index contributed by atoms with van der Waals surface area (Å²) in [5.74, 6) is 1.33.